The van der Waals surface area contributed by atoms with Gasteiger partial charge in [0.05, 0.1) is 6.21 Å². The van der Waals surface area contributed by atoms with E-state index in [-0.39, 0.29) is 12.3 Å². The summed E-state index contributed by atoms with van der Waals surface area (Å²) >= 11 is 5.82. The predicted octanol–water partition coefficient (Wildman–Crippen LogP) is 1.33. The molecule has 114 valence electrons. The summed E-state index contributed by atoms with van der Waals surface area (Å²) in [6.07, 6.45) is 1.90. The number of benzene rings is 1. The number of carbonyl (C=O) groups excluding carboxylic acids is 2. The first-order valence-corrected chi connectivity index (χ1v) is 6.82. The van der Waals surface area contributed by atoms with Crippen LogP contribution in [0.25, 0.3) is 0 Å². The lowest BCUT2D eigenvalue weighted by Crippen LogP contribution is -2.30. The highest BCUT2D eigenvalue weighted by atomic mass is 35.5. The second-order valence-corrected chi connectivity index (χ2v) is 4.66. The number of halogens is 1. The van der Waals surface area contributed by atoms with Crippen molar-refractivity contribution in [3.63, 3.8) is 0 Å². The van der Waals surface area contributed by atoms with Gasteiger partial charge in [-0.25, -0.2) is 5.43 Å². The Morgan fingerprint density at radius 2 is 2.19 bits per heavy atom. The number of ether oxygens (including phenoxy) is 1. The fourth-order valence-corrected chi connectivity index (χ4v) is 1.66. The topological polar surface area (TPSA) is 79.8 Å². The molecule has 0 saturated carbocycles. The summed E-state index contributed by atoms with van der Waals surface area (Å²) in [7, 11) is 1.59. The second-order valence-electron chi connectivity index (χ2n) is 4.22. The molecule has 0 radical (unpaired) electrons. The molecular formula is C14H18ClN3O3. The molecule has 0 aliphatic heterocycles. The Kier molecular flexibility index (Phi) is 8.08. The van der Waals surface area contributed by atoms with E-state index in [0.717, 1.165) is 5.56 Å². The predicted molar refractivity (Wildman–Crippen MR) is 81.3 cm³/mol. The van der Waals surface area contributed by atoms with Crippen LogP contribution in [0.2, 0.25) is 5.02 Å². The van der Waals surface area contributed by atoms with E-state index in [1.807, 2.05) is 0 Å². The average molecular weight is 312 g/mol. The van der Waals surface area contributed by atoms with Crippen LogP contribution >= 0.6 is 11.6 Å². The molecule has 0 aromatic heterocycles. The first-order chi connectivity index (χ1) is 10.1. The normalized spacial score (nSPS) is 10.6. The molecule has 0 bridgehead atoms. The molecule has 7 heteroatoms. The minimum absolute atomic E-state index is 0.264. The highest BCUT2D eigenvalue weighted by Crippen LogP contribution is 2.08. The molecule has 1 aromatic carbocycles. The Balaban J connectivity index is 2.25. The smallest absolute Gasteiger partial charge is 0.249 e. The first-order valence-electron chi connectivity index (χ1n) is 6.45. The van der Waals surface area contributed by atoms with Gasteiger partial charge in [-0.1, -0.05) is 23.7 Å². The van der Waals surface area contributed by atoms with Gasteiger partial charge in [0.2, 0.25) is 11.8 Å². The zero-order chi connectivity index (χ0) is 15.5. The van der Waals surface area contributed by atoms with Crippen LogP contribution in [0, 0.1) is 0 Å². The molecule has 0 fully saturated rings. The molecule has 0 saturated heterocycles. The van der Waals surface area contributed by atoms with Crippen molar-refractivity contribution in [2.45, 2.75) is 12.8 Å². The van der Waals surface area contributed by atoms with E-state index in [1.54, 1.807) is 31.4 Å². The van der Waals surface area contributed by atoms with Crippen molar-refractivity contribution in [1.82, 2.24) is 10.7 Å². The maximum Gasteiger partial charge on any atom is 0.249 e. The zero-order valence-corrected chi connectivity index (χ0v) is 12.5. The molecule has 0 atom stereocenters. The minimum Gasteiger partial charge on any atom is -0.385 e. The Morgan fingerprint density at radius 1 is 1.38 bits per heavy atom. The van der Waals surface area contributed by atoms with Crippen molar-refractivity contribution in [2.24, 2.45) is 5.10 Å². The number of nitrogens with one attached hydrogen (secondary N) is 2. The van der Waals surface area contributed by atoms with E-state index < -0.39 is 5.91 Å². The molecule has 0 aliphatic carbocycles. The molecule has 0 heterocycles. The van der Waals surface area contributed by atoms with E-state index in [4.69, 9.17) is 16.3 Å². The maximum atomic E-state index is 11.5. The minimum atomic E-state index is -0.475. The van der Waals surface area contributed by atoms with Gasteiger partial charge in [-0.05, 0) is 24.1 Å². The third kappa shape index (κ3) is 8.06. The van der Waals surface area contributed by atoms with Gasteiger partial charge in [0, 0.05) is 25.3 Å². The van der Waals surface area contributed by atoms with Crippen LogP contribution in [0.15, 0.2) is 29.4 Å². The van der Waals surface area contributed by atoms with Crippen LogP contribution in [-0.2, 0) is 14.3 Å². The van der Waals surface area contributed by atoms with Crippen LogP contribution in [0.5, 0.6) is 0 Å². The van der Waals surface area contributed by atoms with Gasteiger partial charge >= 0.3 is 0 Å². The van der Waals surface area contributed by atoms with Gasteiger partial charge in [-0.15, -0.1) is 0 Å². The molecule has 21 heavy (non-hydrogen) atoms. The molecular weight excluding hydrogens is 294 g/mol. The van der Waals surface area contributed by atoms with E-state index in [2.05, 4.69) is 15.8 Å². The van der Waals surface area contributed by atoms with Gasteiger partial charge in [0.1, 0.15) is 6.42 Å². The lowest BCUT2D eigenvalue weighted by molar-refractivity contribution is -0.129. The fourth-order valence-electron chi connectivity index (χ4n) is 1.46. The third-order valence-corrected chi connectivity index (χ3v) is 2.66. The Morgan fingerprint density at radius 3 is 2.90 bits per heavy atom. The van der Waals surface area contributed by atoms with Gasteiger partial charge in [-0.2, -0.15) is 5.10 Å². The van der Waals surface area contributed by atoms with Crippen LogP contribution in [0.1, 0.15) is 18.4 Å². The van der Waals surface area contributed by atoms with Gasteiger partial charge in [-0.3, -0.25) is 9.59 Å². The van der Waals surface area contributed by atoms with E-state index in [9.17, 15) is 9.59 Å². The lowest BCUT2D eigenvalue weighted by Gasteiger charge is -2.03. The summed E-state index contributed by atoms with van der Waals surface area (Å²) in [4.78, 5) is 22.9. The van der Waals surface area contributed by atoms with Crippen molar-refractivity contribution >= 4 is 29.6 Å². The van der Waals surface area contributed by atoms with Crippen molar-refractivity contribution in [1.29, 1.82) is 0 Å². The molecule has 2 amide bonds. The number of hydrogen-bond donors (Lipinski definition) is 2. The second kappa shape index (κ2) is 9.90. The zero-order valence-electron chi connectivity index (χ0n) is 11.8. The molecule has 1 aromatic rings. The fraction of sp³-hybridized carbons (Fsp3) is 0.357. The first kappa shape index (κ1) is 17.1. The highest BCUT2D eigenvalue weighted by Gasteiger charge is 2.07. The Labute approximate surface area is 128 Å². The van der Waals surface area contributed by atoms with E-state index >= 15 is 0 Å². The molecule has 6 nitrogen and oxygen atoms in total. The molecule has 2 N–H and O–H groups in total. The summed E-state index contributed by atoms with van der Waals surface area (Å²) in [6, 6.07) is 7.02. The number of nitrogens with zero attached hydrogens (tertiary/aromatic N) is 1. The summed E-state index contributed by atoms with van der Waals surface area (Å²) < 4.78 is 4.85. The number of amides is 2. The number of hydrogen-bond acceptors (Lipinski definition) is 4. The third-order valence-electron chi connectivity index (χ3n) is 2.42. The van der Waals surface area contributed by atoms with Crippen molar-refractivity contribution < 1.29 is 14.3 Å². The summed E-state index contributed by atoms with van der Waals surface area (Å²) in [5.41, 5.74) is 3.04. The van der Waals surface area contributed by atoms with E-state index in [0.29, 0.717) is 24.6 Å². The van der Waals surface area contributed by atoms with Gasteiger partial charge < -0.3 is 10.1 Å². The van der Waals surface area contributed by atoms with Crippen LogP contribution in [0.4, 0.5) is 0 Å². The molecule has 0 aliphatic rings. The SMILES string of the molecule is COCCCNC(=O)CC(=O)NN=Cc1cccc(Cl)c1. The van der Waals surface area contributed by atoms with Gasteiger partial charge in [0.15, 0.2) is 0 Å². The standard InChI is InChI=1S/C14H18ClN3O3/c1-21-7-3-6-16-13(19)9-14(20)18-17-10-11-4-2-5-12(15)8-11/h2,4-5,8,10H,3,6-7,9H2,1H3,(H,16,19)(H,18,20). The van der Waals surface area contributed by atoms with Crippen molar-refractivity contribution in [2.75, 3.05) is 20.3 Å². The monoisotopic (exact) mass is 311 g/mol. The quantitative estimate of drug-likeness (QED) is 0.329. The summed E-state index contributed by atoms with van der Waals surface area (Å²) in [5.74, 6) is -0.820. The largest absolute Gasteiger partial charge is 0.385 e. The van der Waals surface area contributed by atoms with E-state index in [1.165, 1.54) is 6.21 Å². The van der Waals surface area contributed by atoms with Crippen LogP contribution in [0.3, 0.4) is 0 Å². The summed E-state index contributed by atoms with van der Waals surface area (Å²) in [5, 5.41) is 6.96. The highest BCUT2D eigenvalue weighted by molar-refractivity contribution is 6.30. The Hall–Kier alpha value is -1.92. The van der Waals surface area contributed by atoms with Crippen LogP contribution < -0.4 is 10.7 Å². The Bertz CT molecular complexity index is 506. The number of hydrazone groups is 1. The van der Waals surface area contributed by atoms with Crippen molar-refractivity contribution in [3.05, 3.63) is 34.9 Å². The van der Waals surface area contributed by atoms with Crippen LogP contribution in [-0.4, -0.2) is 38.3 Å². The van der Waals surface area contributed by atoms with Crippen molar-refractivity contribution in [3.8, 4) is 0 Å². The number of carbonyl (C=O) groups is 2. The number of rotatable bonds is 8. The number of methoxy groups -OCH3 is 1. The molecule has 0 unspecified atom stereocenters. The lowest BCUT2D eigenvalue weighted by atomic mass is 10.2. The summed E-state index contributed by atoms with van der Waals surface area (Å²) in [6.45, 7) is 1.04. The average Bonchev–Trinajstić information content (AvgIpc) is 2.43. The molecule has 0 spiro atoms. The molecule has 1 rings (SSSR count). The maximum absolute atomic E-state index is 11.5. The van der Waals surface area contributed by atoms with Gasteiger partial charge in [0.25, 0.3) is 0 Å².